The Bertz CT molecular complexity index is 900. The summed E-state index contributed by atoms with van der Waals surface area (Å²) in [6, 6.07) is 7.22. The molecule has 2 rings (SSSR count). The molecule has 2 N–H and O–H groups in total. The summed E-state index contributed by atoms with van der Waals surface area (Å²) in [5.74, 6) is -0.278. The molecule has 148 valence electrons. The second-order valence-electron chi connectivity index (χ2n) is 5.32. The number of methoxy groups -OCH3 is 1. The number of alkyl halides is 2. The van der Waals surface area contributed by atoms with Crippen LogP contribution in [-0.4, -0.2) is 28.0 Å². The Hall–Kier alpha value is -2.24. The predicted octanol–water partition coefficient (Wildman–Crippen LogP) is 2.47. The Labute approximate surface area is 159 Å². The molecule has 1 aromatic carbocycles. The number of amides is 1. The van der Waals surface area contributed by atoms with Crippen LogP contribution in [0.4, 0.5) is 8.78 Å². The maximum Gasteiger partial charge on any atom is 0.387 e. The summed E-state index contributed by atoms with van der Waals surface area (Å²) < 4.78 is 61.3. The maximum absolute atomic E-state index is 12.4. The molecule has 0 spiro atoms. The van der Waals surface area contributed by atoms with E-state index in [2.05, 4.69) is 14.8 Å². The molecule has 0 aliphatic heterocycles. The first-order chi connectivity index (χ1) is 12.7. The highest BCUT2D eigenvalue weighted by Gasteiger charge is 2.17. The van der Waals surface area contributed by atoms with Crippen LogP contribution in [-0.2, 0) is 27.9 Å². The molecular weight excluding hydrogens is 402 g/mol. The third-order valence-corrected chi connectivity index (χ3v) is 6.30. The zero-order chi connectivity index (χ0) is 20.0. The van der Waals surface area contributed by atoms with Crippen LogP contribution < -0.4 is 19.5 Å². The minimum Gasteiger partial charge on any atom is -0.493 e. The molecule has 0 aliphatic carbocycles. The molecule has 0 saturated carbocycles. The van der Waals surface area contributed by atoms with E-state index >= 15 is 0 Å². The van der Waals surface area contributed by atoms with Crippen molar-refractivity contribution in [1.29, 1.82) is 0 Å². The number of carbonyl (C=O) groups is 1. The van der Waals surface area contributed by atoms with Crippen molar-refractivity contribution in [2.24, 2.45) is 0 Å². The van der Waals surface area contributed by atoms with Gasteiger partial charge in [0.05, 0.1) is 13.7 Å². The van der Waals surface area contributed by atoms with E-state index < -0.39 is 16.6 Å². The minimum absolute atomic E-state index is 0.0629. The fourth-order valence-electron chi connectivity index (χ4n) is 2.07. The van der Waals surface area contributed by atoms with Crippen LogP contribution in [0.3, 0.4) is 0 Å². The van der Waals surface area contributed by atoms with Crippen LogP contribution in [0.1, 0.15) is 17.4 Å². The summed E-state index contributed by atoms with van der Waals surface area (Å²) in [6.07, 6.45) is 0. The van der Waals surface area contributed by atoms with Gasteiger partial charge in [0.2, 0.25) is 15.9 Å². The lowest BCUT2D eigenvalue weighted by Gasteiger charge is -2.11. The van der Waals surface area contributed by atoms with Gasteiger partial charge in [0.1, 0.15) is 4.21 Å². The second kappa shape index (κ2) is 9.11. The van der Waals surface area contributed by atoms with E-state index in [0.29, 0.717) is 10.4 Å². The van der Waals surface area contributed by atoms with Crippen LogP contribution in [0.2, 0.25) is 0 Å². The Morgan fingerprint density at radius 1 is 1.19 bits per heavy atom. The van der Waals surface area contributed by atoms with E-state index in [-0.39, 0.29) is 34.7 Å². The Balaban J connectivity index is 2.05. The van der Waals surface area contributed by atoms with E-state index in [1.165, 1.54) is 38.3 Å². The molecule has 2 aromatic rings. The molecule has 0 aliphatic rings. The van der Waals surface area contributed by atoms with E-state index in [1.807, 2.05) is 0 Å². The lowest BCUT2D eigenvalue weighted by molar-refractivity contribution is -0.119. The van der Waals surface area contributed by atoms with Crippen molar-refractivity contribution in [3.63, 3.8) is 0 Å². The number of nitrogens with one attached hydrogen (secondary N) is 2. The first-order valence-electron chi connectivity index (χ1n) is 7.66. The van der Waals surface area contributed by atoms with Gasteiger partial charge in [-0.25, -0.2) is 13.1 Å². The van der Waals surface area contributed by atoms with E-state index in [0.717, 1.165) is 11.3 Å². The van der Waals surface area contributed by atoms with Crippen LogP contribution in [0.5, 0.6) is 11.5 Å². The third-order valence-electron chi connectivity index (χ3n) is 3.32. The fraction of sp³-hybridized carbons (Fsp3) is 0.312. The lowest BCUT2D eigenvalue weighted by atomic mass is 10.2. The molecule has 0 radical (unpaired) electrons. The van der Waals surface area contributed by atoms with Gasteiger partial charge in [-0.3, -0.25) is 4.79 Å². The molecule has 1 aromatic heterocycles. The summed E-state index contributed by atoms with van der Waals surface area (Å²) in [5.41, 5.74) is 0.507. The number of carbonyl (C=O) groups excluding carboxylic acids is 1. The minimum atomic E-state index is -3.76. The summed E-state index contributed by atoms with van der Waals surface area (Å²) in [5, 5.41) is 2.59. The quantitative estimate of drug-likeness (QED) is 0.650. The number of benzene rings is 1. The molecular formula is C16H18F2N2O5S2. The van der Waals surface area contributed by atoms with Crippen LogP contribution in [0.15, 0.2) is 34.5 Å². The summed E-state index contributed by atoms with van der Waals surface area (Å²) in [7, 11) is -2.47. The monoisotopic (exact) mass is 420 g/mol. The average molecular weight is 420 g/mol. The second-order valence-corrected chi connectivity index (χ2v) is 8.48. The van der Waals surface area contributed by atoms with Gasteiger partial charge in [0.15, 0.2) is 11.5 Å². The van der Waals surface area contributed by atoms with Crippen LogP contribution in [0, 0.1) is 0 Å². The van der Waals surface area contributed by atoms with Gasteiger partial charge in [0, 0.05) is 18.3 Å². The molecule has 27 heavy (non-hydrogen) atoms. The van der Waals surface area contributed by atoms with Crippen molar-refractivity contribution in [3.8, 4) is 11.5 Å². The number of hydrogen-bond donors (Lipinski definition) is 2. The Kier molecular flexibility index (Phi) is 7.11. The average Bonchev–Trinajstić information content (AvgIpc) is 3.08. The molecule has 0 fully saturated rings. The van der Waals surface area contributed by atoms with Crippen molar-refractivity contribution in [3.05, 3.63) is 40.8 Å². The molecule has 1 heterocycles. The van der Waals surface area contributed by atoms with Crippen molar-refractivity contribution in [1.82, 2.24) is 10.0 Å². The molecule has 0 saturated heterocycles. The van der Waals surface area contributed by atoms with Gasteiger partial charge >= 0.3 is 6.61 Å². The summed E-state index contributed by atoms with van der Waals surface area (Å²) in [6.45, 7) is -1.43. The first-order valence-corrected chi connectivity index (χ1v) is 9.96. The highest BCUT2D eigenvalue weighted by molar-refractivity contribution is 7.91. The van der Waals surface area contributed by atoms with Gasteiger partial charge < -0.3 is 14.8 Å². The number of thiophene rings is 1. The molecule has 0 atom stereocenters. The van der Waals surface area contributed by atoms with Crippen molar-refractivity contribution in [2.75, 3.05) is 7.11 Å². The summed E-state index contributed by atoms with van der Waals surface area (Å²) >= 11 is 1.04. The molecule has 0 unspecified atom stereocenters. The largest absolute Gasteiger partial charge is 0.493 e. The van der Waals surface area contributed by atoms with Gasteiger partial charge in [-0.1, -0.05) is 6.07 Å². The SMILES string of the molecule is COc1cc(CNS(=O)(=O)c2ccc(CNC(C)=O)s2)ccc1OC(F)F. The fourth-order valence-corrected chi connectivity index (χ4v) is 4.43. The number of ether oxygens (including phenoxy) is 2. The maximum atomic E-state index is 12.4. The number of halogens is 2. The number of sulfonamides is 1. The number of hydrogen-bond acceptors (Lipinski definition) is 6. The number of rotatable bonds is 9. The van der Waals surface area contributed by atoms with Gasteiger partial charge in [-0.15, -0.1) is 11.3 Å². The molecule has 7 nitrogen and oxygen atoms in total. The van der Waals surface area contributed by atoms with Crippen LogP contribution >= 0.6 is 11.3 Å². The lowest BCUT2D eigenvalue weighted by Crippen LogP contribution is -2.22. The standard InChI is InChI=1S/C16H18F2N2O5S2/c1-10(21)19-9-12-4-6-15(26-12)27(22,23)20-8-11-3-5-13(25-16(17)18)14(7-11)24-2/h3-7,16,20H,8-9H2,1-2H3,(H,19,21). The van der Waals surface area contributed by atoms with Crippen molar-refractivity contribution in [2.45, 2.75) is 30.8 Å². The topological polar surface area (TPSA) is 93.7 Å². The smallest absolute Gasteiger partial charge is 0.387 e. The molecule has 11 heteroatoms. The third kappa shape index (κ3) is 6.15. The Morgan fingerprint density at radius 2 is 1.93 bits per heavy atom. The predicted molar refractivity (Wildman–Crippen MR) is 95.5 cm³/mol. The molecule has 1 amide bonds. The van der Waals surface area contributed by atoms with E-state index in [4.69, 9.17) is 4.74 Å². The summed E-state index contributed by atoms with van der Waals surface area (Å²) in [4.78, 5) is 11.6. The van der Waals surface area contributed by atoms with Crippen LogP contribution in [0.25, 0.3) is 0 Å². The highest BCUT2D eigenvalue weighted by atomic mass is 32.2. The van der Waals surface area contributed by atoms with Gasteiger partial charge in [-0.05, 0) is 29.8 Å². The zero-order valence-electron chi connectivity index (χ0n) is 14.5. The van der Waals surface area contributed by atoms with Gasteiger partial charge in [-0.2, -0.15) is 8.78 Å². The zero-order valence-corrected chi connectivity index (χ0v) is 16.1. The van der Waals surface area contributed by atoms with E-state index in [1.54, 1.807) is 6.07 Å². The van der Waals surface area contributed by atoms with Crippen molar-refractivity contribution >= 4 is 27.3 Å². The van der Waals surface area contributed by atoms with Gasteiger partial charge in [0.25, 0.3) is 0 Å². The highest BCUT2D eigenvalue weighted by Crippen LogP contribution is 2.29. The Morgan fingerprint density at radius 3 is 2.56 bits per heavy atom. The van der Waals surface area contributed by atoms with E-state index in [9.17, 15) is 22.0 Å². The normalized spacial score (nSPS) is 11.4. The van der Waals surface area contributed by atoms with Crippen molar-refractivity contribution < 1.29 is 31.5 Å². The molecule has 0 bridgehead atoms. The first kappa shape index (κ1) is 21.1.